The second-order valence-electron chi connectivity index (χ2n) is 5.41. The van der Waals surface area contributed by atoms with Crippen molar-refractivity contribution in [2.75, 3.05) is 14.2 Å². The van der Waals surface area contributed by atoms with Gasteiger partial charge in [-0.05, 0) is 24.3 Å². The van der Waals surface area contributed by atoms with Gasteiger partial charge in [0.2, 0.25) is 0 Å². The molecule has 130 valence electrons. The van der Waals surface area contributed by atoms with Gasteiger partial charge in [0.15, 0.2) is 17.5 Å². The van der Waals surface area contributed by atoms with Crippen molar-refractivity contribution in [3.63, 3.8) is 0 Å². The number of imidazole rings is 1. The largest absolute Gasteiger partial charge is 0.497 e. The van der Waals surface area contributed by atoms with Gasteiger partial charge in [-0.15, -0.1) is 0 Å². The van der Waals surface area contributed by atoms with E-state index in [0.717, 1.165) is 12.1 Å². The van der Waals surface area contributed by atoms with E-state index < -0.39 is 17.5 Å². The van der Waals surface area contributed by atoms with E-state index in [1.807, 2.05) is 0 Å². The Kier molecular flexibility index (Phi) is 4.39. The predicted molar refractivity (Wildman–Crippen MR) is 87.1 cm³/mol. The van der Waals surface area contributed by atoms with E-state index in [-0.39, 0.29) is 5.56 Å². The lowest BCUT2D eigenvalue weighted by molar-refractivity contribution is 0.394. The molecule has 0 fully saturated rings. The number of rotatable bonds is 4. The van der Waals surface area contributed by atoms with Crippen LogP contribution in [0, 0.1) is 17.5 Å². The maximum atomic E-state index is 13.7. The molecule has 2 aromatic carbocycles. The van der Waals surface area contributed by atoms with Crippen LogP contribution in [0.5, 0.6) is 11.5 Å². The van der Waals surface area contributed by atoms with Crippen molar-refractivity contribution in [3.05, 3.63) is 54.1 Å². The molecule has 0 saturated heterocycles. The summed E-state index contributed by atoms with van der Waals surface area (Å²) in [4.78, 5) is 4.31. The predicted octanol–water partition coefficient (Wildman–Crippen LogP) is 4.19. The number of hydrogen-bond acceptors (Lipinski definition) is 3. The number of methoxy groups -OCH3 is 2. The summed E-state index contributed by atoms with van der Waals surface area (Å²) in [6, 6.07) is 7.03. The summed E-state index contributed by atoms with van der Waals surface area (Å²) in [6.07, 6.45) is 1.51. The second kappa shape index (κ2) is 6.51. The average molecular weight is 348 g/mol. The Labute approximate surface area is 142 Å². The summed E-state index contributed by atoms with van der Waals surface area (Å²) in [7, 11) is 4.72. The fraction of sp³-hybridized carbons (Fsp3) is 0.167. The van der Waals surface area contributed by atoms with Gasteiger partial charge in [-0.2, -0.15) is 0 Å². The Morgan fingerprint density at radius 3 is 1.92 bits per heavy atom. The quantitative estimate of drug-likeness (QED) is 0.664. The number of aryl methyl sites for hydroxylation is 1. The van der Waals surface area contributed by atoms with Crippen molar-refractivity contribution in [2.24, 2.45) is 7.05 Å². The highest BCUT2D eigenvalue weighted by Crippen LogP contribution is 2.35. The van der Waals surface area contributed by atoms with Gasteiger partial charge >= 0.3 is 0 Å². The molecule has 0 N–H and O–H groups in total. The molecule has 3 rings (SSSR count). The molecule has 0 aliphatic heterocycles. The SMILES string of the molecule is COc1cc(OC)cc(-c2ncn(C)c2-c2cc(F)c(F)c(F)c2)c1. The molecule has 0 radical (unpaired) electrons. The summed E-state index contributed by atoms with van der Waals surface area (Å²) in [5, 5.41) is 0. The van der Waals surface area contributed by atoms with E-state index in [0.29, 0.717) is 28.5 Å². The first kappa shape index (κ1) is 16.9. The van der Waals surface area contributed by atoms with Gasteiger partial charge in [-0.3, -0.25) is 0 Å². The van der Waals surface area contributed by atoms with Crippen LogP contribution in [-0.2, 0) is 7.05 Å². The second-order valence-corrected chi connectivity index (χ2v) is 5.41. The summed E-state index contributed by atoms with van der Waals surface area (Å²) < 4.78 is 52.7. The molecule has 0 spiro atoms. The molecule has 1 aromatic heterocycles. The van der Waals surface area contributed by atoms with Gasteiger partial charge in [0.25, 0.3) is 0 Å². The Balaban J connectivity index is 2.22. The Morgan fingerprint density at radius 1 is 0.840 bits per heavy atom. The maximum absolute atomic E-state index is 13.7. The third kappa shape index (κ3) is 3.05. The zero-order valence-electron chi connectivity index (χ0n) is 13.8. The van der Waals surface area contributed by atoms with Crippen LogP contribution in [0.15, 0.2) is 36.7 Å². The minimum absolute atomic E-state index is 0.174. The highest BCUT2D eigenvalue weighted by Gasteiger charge is 2.19. The molecule has 0 aliphatic carbocycles. The number of nitrogens with zero attached hydrogens (tertiary/aromatic N) is 2. The molecular weight excluding hydrogens is 333 g/mol. The van der Waals surface area contributed by atoms with E-state index in [9.17, 15) is 13.2 Å². The topological polar surface area (TPSA) is 36.3 Å². The van der Waals surface area contributed by atoms with Crippen LogP contribution < -0.4 is 9.47 Å². The van der Waals surface area contributed by atoms with Crippen molar-refractivity contribution >= 4 is 0 Å². The zero-order chi connectivity index (χ0) is 18.1. The van der Waals surface area contributed by atoms with Crippen LogP contribution >= 0.6 is 0 Å². The van der Waals surface area contributed by atoms with Crippen molar-refractivity contribution in [1.82, 2.24) is 9.55 Å². The third-order valence-electron chi connectivity index (χ3n) is 3.82. The fourth-order valence-electron chi connectivity index (χ4n) is 2.62. The molecule has 0 bridgehead atoms. The fourth-order valence-corrected chi connectivity index (χ4v) is 2.62. The van der Waals surface area contributed by atoms with Gasteiger partial charge in [0.05, 0.1) is 31.9 Å². The zero-order valence-corrected chi connectivity index (χ0v) is 13.8. The minimum Gasteiger partial charge on any atom is -0.497 e. The number of ether oxygens (including phenoxy) is 2. The van der Waals surface area contributed by atoms with Crippen LogP contribution in [0.2, 0.25) is 0 Å². The van der Waals surface area contributed by atoms with E-state index in [4.69, 9.17) is 9.47 Å². The van der Waals surface area contributed by atoms with Gasteiger partial charge in [-0.1, -0.05) is 0 Å². The van der Waals surface area contributed by atoms with Gasteiger partial charge in [0, 0.05) is 24.2 Å². The van der Waals surface area contributed by atoms with E-state index >= 15 is 0 Å². The Hall–Kier alpha value is -2.96. The molecule has 25 heavy (non-hydrogen) atoms. The third-order valence-corrected chi connectivity index (χ3v) is 3.82. The number of hydrogen-bond donors (Lipinski definition) is 0. The number of benzene rings is 2. The molecule has 0 aliphatic rings. The molecule has 0 saturated carbocycles. The van der Waals surface area contributed by atoms with Crippen LogP contribution in [0.4, 0.5) is 13.2 Å². The smallest absolute Gasteiger partial charge is 0.194 e. The van der Waals surface area contributed by atoms with E-state index in [2.05, 4.69) is 4.98 Å². The molecular formula is C18H15F3N2O2. The van der Waals surface area contributed by atoms with Crippen LogP contribution in [0.3, 0.4) is 0 Å². The highest BCUT2D eigenvalue weighted by atomic mass is 19.2. The van der Waals surface area contributed by atoms with Crippen molar-refractivity contribution in [1.29, 1.82) is 0 Å². The molecule has 0 atom stereocenters. The lowest BCUT2D eigenvalue weighted by atomic mass is 10.0. The van der Waals surface area contributed by atoms with Crippen molar-refractivity contribution < 1.29 is 22.6 Å². The normalized spacial score (nSPS) is 10.8. The van der Waals surface area contributed by atoms with Gasteiger partial charge in [-0.25, -0.2) is 18.2 Å². The monoisotopic (exact) mass is 348 g/mol. The van der Waals surface area contributed by atoms with Crippen LogP contribution in [0.1, 0.15) is 0 Å². The molecule has 4 nitrogen and oxygen atoms in total. The molecule has 3 aromatic rings. The minimum atomic E-state index is -1.50. The lowest BCUT2D eigenvalue weighted by Gasteiger charge is -2.10. The summed E-state index contributed by atoms with van der Waals surface area (Å²) in [6.45, 7) is 0. The van der Waals surface area contributed by atoms with Crippen LogP contribution in [0.25, 0.3) is 22.5 Å². The molecule has 1 heterocycles. The highest BCUT2D eigenvalue weighted by molar-refractivity contribution is 5.80. The summed E-state index contributed by atoms with van der Waals surface area (Å²) >= 11 is 0. The standard InChI is InChI=1S/C18H15F3N2O2/c1-23-9-22-17(10-4-12(24-2)8-13(5-10)25-3)18(23)11-6-14(19)16(21)15(20)7-11/h4-9H,1-3H3. The molecule has 7 heteroatoms. The van der Waals surface area contributed by atoms with Gasteiger partial charge in [0.1, 0.15) is 11.5 Å². The maximum Gasteiger partial charge on any atom is 0.194 e. The van der Waals surface area contributed by atoms with Crippen molar-refractivity contribution in [3.8, 4) is 34.0 Å². The number of halogens is 3. The van der Waals surface area contributed by atoms with E-state index in [1.165, 1.54) is 20.5 Å². The van der Waals surface area contributed by atoms with E-state index in [1.54, 1.807) is 29.8 Å². The molecule has 0 amide bonds. The van der Waals surface area contributed by atoms with Gasteiger partial charge < -0.3 is 14.0 Å². The Bertz CT molecular complexity index is 893. The van der Waals surface area contributed by atoms with Crippen molar-refractivity contribution in [2.45, 2.75) is 0 Å². The first-order valence-electron chi connectivity index (χ1n) is 7.34. The summed E-state index contributed by atoms with van der Waals surface area (Å²) in [5.74, 6) is -2.93. The summed E-state index contributed by atoms with van der Waals surface area (Å²) in [5.41, 5.74) is 1.71. The lowest BCUT2D eigenvalue weighted by Crippen LogP contribution is -1.97. The van der Waals surface area contributed by atoms with Crippen LogP contribution in [-0.4, -0.2) is 23.8 Å². The first-order chi connectivity index (χ1) is 11.9. The molecule has 0 unspecified atom stereocenters. The number of aromatic nitrogens is 2. The Morgan fingerprint density at radius 2 is 1.40 bits per heavy atom. The average Bonchev–Trinajstić information content (AvgIpc) is 3.00. The first-order valence-corrected chi connectivity index (χ1v) is 7.34.